The first kappa shape index (κ1) is 17.3. The summed E-state index contributed by atoms with van der Waals surface area (Å²) >= 11 is 0. The summed E-state index contributed by atoms with van der Waals surface area (Å²) in [5, 5.41) is 19.9. The summed E-state index contributed by atoms with van der Waals surface area (Å²) in [6.07, 6.45) is 0.244. The molecule has 0 aliphatic heterocycles. The molecule has 0 spiro atoms. The minimum absolute atomic E-state index is 0.0719. The highest BCUT2D eigenvalue weighted by Gasteiger charge is 2.33. The van der Waals surface area contributed by atoms with Crippen LogP contribution in [0, 0.1) is 10.1 Å². The number of aliphatic hydroxyl groups is 1. The number of hydrogen-bond acceptors (Lipinski definition) is 6. The van der Waals surface area contributed by atoms with Gasteiger partial charge in [0.1, 0.15) is 0 Å². The van der Waals surface area contributed by atoms with Gasteiger partial charge in [-0.25, -0.2) is 8.42 Å². The zero-order valence-electron chi connectivity index (χ0n) is 11.9. The fourth-order valence-corrected chi connectivity index (χ4v) is 3.77. The van der Waals surface area contributed by atoms with Crippen LogP contribution in [0.4, 0.5) is 11.4 Å². The van der Waals surface area contributed by atoms with Gasteiger partial charge in [0.2, 0.25) is 10.0 Å². The normalized spacial score (nSPS) is 12.0. The van der Waals surface area contributed by atoms with Gasteiger partial charge in [0.05, 0.1) is 4.92 Å². The standard InChI is InChI=1S/C12H19N3O5S/c1-9(2)14(6-3-7-16)21(19,20)12-8-10(13)4-5-11(12)15(17)18/h4-5,8-9,16H,3,6-7,13H2,1-2H3. The molecule has 0 unspecified atom stereocenters. The molecule has 1 rings (SSSR count). The van der Waals surface area contributed by atoms with Crippen molar-refractivity contribution in [2.45, 2.75) is 31.2 Å². The van der Waals surface area contributed by atoms with E-state index in [1.807, 2.05) is 0 Å². The van der Waals surface area contributed by atoms with Crippen LogP contribution in [0.2, 0.25) is 0 Å². The van der Waals surface area contributed by atoms with E-state index in [1.54, 1.807) is 13.8 Å². The van der Waals surface area contributed by atoms with Gasteiger partial charge >= 0.3 is 0 Å². The zero-order valence-corrected chi connectivity index (χ0v) is 12.7. The van der Waals surface area contributed by atoms with E-state index in [-0.39, 0.29) is 25.3 Å². The lowest BCUT2D eigenvalue weighted by molar-refractivity contribution is -0.387. The summed E-state index contributed by atoms with van der Waals surface area (Å²) in [6.45, 7) is 3.22. The predicted molar refractivity (Wildman–Crippen MR) is 78.2 cm³/mol. The molecule has 0 aromatic heterocycles. The van der Waals surface area contributed by atoms with Gasteiger partial charge in [0.25, 0.3) is 5.69 Å². The lowest BCUT2D eigenvalue weighted by Crippen LogP contribution is -2.38. The highest BCUT2D eigenvalue weighted by atomic mass is 32.2. The average molecular weight is 317 g/mol. The van der Waals surface area contributed by atoms with Crippen molar-refractivity contribution in [2.24, 2.45) is 0 Å². The largest absolute Gasteiger partial charge is 0.399 e. The Morgan fingerprint density at radius 1 is 1.43 bits per heavy atom. The number of benzene rings is 1. The molecule has 21 heavy (non-hydrogen) atoms. The number of nitrogens with zero attached hydrogens (tertiary/aromatic N) is 2. The highest BCUT2D eigenvalue weighted by molar-refractivity contribution is 7.89. The van der Waals surface area contributed by atoms with E-state index in [1.165, 1.54) is 6.07 Å². The summed E-state index contributed by atoms with van der Waals surface area (Å²) in [5.74, 6) is 0. The monoisotopic (exact) mass is 317 g/mol. The molecule has 0 saturated heterocycles. The van der Waals surface area contributed by atoms with Crippen LogP contribution in [-0.4, -0.2) is 41.9 Å². The molecule has 0 saturated carbocycles. The van der Waals surface area contributed by atoms with E-state index in [0.717, 1.165) is 16.4 Å². The number of nitrogens with two attached hydrogens (primary N) is 1. The fourth-order valence-electron chi connectivity index (χ4n) is 1.90. The molecule has 0 bridgehead atoms. The van der Waals surface area contributed by atoms with Gasteiger partial charge in [-0.1, -0.05) is 0 Å². The maximum Gasteiger partial charge on any atom is 0.289 e. The molecule has 0 fully saturated rings. The summed E-state index contributed by atoms with van der Waals surface area (Å²) in [6, 6.07) is 3.04. The quantitative estimate of drug-likeness (QED) is 0.438. The van der Waals surface area contributed by atoms with E-state index in [2.05, 4.69) is 0 Å². The van der Waals surface area contributed by atoms with Crippen LogP contribution in [0.15, 0.2) is 23.1 Å². The molecule has 1 aromatic rings. The Kier molecular flexibility index (Phi) is 5.64. The number of anilines is 1. The first-order valence-electron chi connectivity index (χ1n) is 6.38. The van der Waals surface area contributed by atoms with Crippen LogP contribution >= 0.6 is 0 Å². The third kappa shape index (κ3) is 3.90. The summed E-state index contributed by atoms with van der Waals surface area (Å²) in [4.78, 5) is 9.84. The van der Waals surface area contributed by atoms with Crippen LogP contribution in [0.3, 0.4) is 0 Å². The predicted octanol–water partition coefficient (Wildman–Crippen LogP) is 0.959. The number of sulfonamides is 1. The number of nitrogen functional groups attached to an aromatic ring is 1. The van der Waals surface area contributed by atoms with Crippen LogP contribution in [0.1, 0.15) is 20.3 Å². The molecule has 0 aliphatic carbocycles. The van der Waals surface area contributed by atoms with Crippen LogP contribution < -0.4 is 5.73 Å². The van der Waals surface area contributed by atoms with Gasteiger partial charge in [-0.15, -0.1) is 0 Å². The van der Waals surface area contributed by atoms with Crippen molar-refractivity contribution < 1.29 is 18.4 Å². The Morgan fingerprint density at radius 2 is 2.05 bits per heavy atom. The molecular formula is C12H19N3O5S. The summed E-state index contributed by atoms with van der Waals surface area (Å²) < 4.78 is 26.4. The second-order valence-electron chi connectivity index (χ2n) is 4.77. The second kappa shape index (κ2) is 6.83. The van der Waals surface area contributed by atoms with Crippen molar-refractivity contribution in [1.29, 1.82) is 0 Å². The van der Waals surface area contributed by atoms with Gasteiger partial charge < -0.3 is 10.8 Å². The number of hydrogen-bond donors (Lipinski definition) is 2. The number of rotatable bonds is 7. The van der Waals surface area contributed by atoms with Gasteiger partial charge in [-0.3, -0.25) is 10.1 Å². The minimum atomic E-state index is -4.07. The smallest absolute Gasteiger partial charge is 0.289 e. The Hall–Kier alpha value is -1.71. The van der Waals surface area contributed by atoms with E-state index >= 15 is 0 Å². The molecule has 118 valence electrons. The highest BCUT2D eigenvalue weighted by Crippen LogP contribution is 2.29. The first-order chi connectivity index (χ1) is 9.71. The maximum absolute atomic E-state index is 12.6. The lowest BCUT2D eigenvalue weighted by Gasteiger charge is -2.25. The van der Waals surface area contributed by atoms with Gasteiger partial charge in [-0.2, -0.15) is 4.31 Å². The van der Waals surface area contributed by atoms with Crippen molar-refractivity contribution in [3.05, 3.63) is 28.3 Å². The van der Waals surface area contributed by atoms with E-state index < -0.39 is 31.6 Å². The van der Waals surface area contributed by atoms with E-state index in [0.29, 0.717) is 0 Å². The molecule has 0 amide bonds. The van der Waals surface area contributed by atoms with Crippen molar-refractivity contribution in [3.8, 4) is 0 Å². The zero-order chi connectivity index (χ0) is 16.2. The Morgan fingerprint density at radius 3 is 2.52 bits per heavy atom. The average Bonchev–Trinajstić information content (AvgIpc) is 2.38. The molecule has 3 N–H and O–H groups in total. The number of nitro benzene ring substituents is 1. The number of aliphatic hydroxyl groups excluding tert-OH is 1. The van der Waals surface area contributed by atoms with Gasteiger partial charge in [0.15, 0.2) is 4.90 Å². The second-order valence-corrected chi connectivity index (χ2v) is 6.63. The van der Waals surface area contributed by atoms with E-state index in [4.69, 9.17) is 10.8 Å². The third-order valence-corrected chi connectivity index (χ3v) is 4.98. The molecule has 9 heteroatoms. The van der Waals surface area contributed by atoms with Crippen LogP contribution in [0.5, 0.6) is 0 Å². The van der Waals surface area contributed by atoms with Gasteiger partial charge in [-0.05, 0) is 32.4 Å². The molecule has 8 nitrogen and oxygen atoms in total. The molecule has 0 heterocycles. The Balaban J connectivity index is 3.40. The Labute approximate surface area is 123 Å². The van der Waals surface area contributed by atoms with E-state index in [9.17, 15) is 18.5 Å². The molecule has 0 aliphatic rings. The fraction of sp³-hybridized carbons (Fsp3) is 0.500. The SMILES string of the molecule is CC(C)N(CCCO)S(=O)(=O)c1cc(N)ccc1[N+](=O)[O-]. The van der Waals surface area contributed by atoms with Crippen molar-refractivity contribution in [3.63, 3.8) is 0 Å². The molecule has 0 atom stereocenters. The van der Waals surface area contributed by atoms with Crippen molar-refractivity contribution in [1.82, 2.24) is 4.31 Å². The molecular weight excluding hydrogens is 298 g/mol. The van der Waals surface area contributed by atoms with Crippen LogP contribution in [0.25, 0.3) is 0 Å². The molecule has 0 radical (unpaired) electrons. The van der Waals surface area contributed by atoms with Crippen molar-refractivity contribution in [2.75, 3.05) is 18.9 Å². The van der Waals surface area contributed by atoms with Crippen LogP contribution in [-0.2, 0) is 10.0 Å². The summed E-state index contributed by atoms with van der Waals surface area (Å²) in [5.41, 5.74) is 5.17. The topological polar surface area (TPSA) is 127 Å². The Bertz CT molecular complexity index is 615. The number of nitro groups is 1. The third-order valence-electron chi connectivity index (χ3n) is 2.88. The van der Waals surface area contributed by atoms with Crippen molar-refractivity contribution >= 4 is 21.4 Å². The minimum Gasteiger partial charge on any atom is -0.399 e. The first-order valence-corrected chi connectivity index (χ1v) is 7.82. The summed E-state index contributed by atoms with van der Waals surface area (Å²) in [7, 11) is -4.07. The lowest BCUT2D eigenvalue weighted by atomic mass is 10.3. The van der Waals surface area contributed by atoms with Gasteiger partial charge in [0, 0.05) is 30.9 Å². The molecule has 1 aromatic carbocycles. The maximum atomic E-state index is 12.6.